The Bertz CT molecular complexity index is 612. The van der Waals surface area contributed by atoms with E-state index in [1.807, 2.05) is 4.68 Å². The van der Waals surface area contributed by atoms with Gasteiger partial charge >= 0.3 is 0 Å². The van der Waals surface area contributed by atoms with Crippen LogP contribution in [0.4, 0.5) is 5.69 Å². The van der Waals surface area contributed by atoms with Crippen LogP contribution in [0.15, 0.2) is 24.3 Å². The molecule has 0 bridgehead atoms. The zero-order valence-electron chi connectivity index (χ0n) is 13.4. The van der Waals surface area contributed by atoms with Crippen molar-refractivity contribution in [3.63, 3.8) is 0 Å². The van der Waals surface area contributed by atoms with Crippen molar-refractivity contribution < 1.29 is 5.11 Å². The van der Waals surface area contributed by atoms with Gasteiger partial charge in [0.15, 0.2) is 0 Å². The topological polar surface area (TPSA) is 54.2 Å². The first-order chi connectivity index (χ1) is 10.7. The number of aromatic nitrogens is 3. The minimum atomic E-state index is -0.0623. The van der Waals surface area contributed by atoms with Gasteiger partial charge in [0.2, 0.25) is 0 Å². The van der Waals surface area contributed by atoms with Crippen LogP contribution < -0.4 is 4.90 Å². The Kier molecular flexibility index (Phi) is 4.43. The SMILES string of the molecule is CCc1c(CO)nnn1-c1ccc(N2CCC(C)CC2)cc1. The van der Waals surface area contributed by atoms with Gasteiger partial charge in [0, 0.05) is 18.8 Å². The molecule has 0 amide bonds. The molecule has 1 N–H and O–H groups in total. The van der Waals surface area contributed by atoms with Gasteiger partial charge in [-0.15, -0.1) is 5.10 Å². The molecule has 1 aromatic carbocycles. The number of rotatable bonds is 4. The molecule has 0 atom stereocenters. The van der Waals surface area contributed by atoms with Crippen LogP contribution in [0.1, 0.15) is 38.1 Å². The van der Waals surface area contributed by atoms with Gasteiger partial charge < -0.3 is 10.0 Å². The molecule has 118 valence electrons. The van der Waals surface area contributed by atoms with Crippen molar-refractivity contribution in [3.05, 3.63) is 35.7 Å². The number of benzene rings is 1. The third-order valence-corrected chi connectivity index (χ3v) is 4.57. The molecular formula is C17H24N4O. The first kappa shape index (κ1) is 15.0. The van der Waals surface area contributed by atoms with Gasteiger partial charge in [-0.05, 0) is 49.4 Å². The molecule has 0 unspecified atom stereocenters. The lowest BCUT2D eigenvalue weighted by molar-refractivity contribution is 0.275. The predicted octanol–water partition coefficient (Wildman–Crippen LogP) is 2.56. The van der Waals surface area contributed by atoms with Crippen LogP contribution in [0.25, 0.3) is 5.69 Å². The lowest BCUT2D eigenvalue weighted by Crippen LogP contribution is -2.32. The third kappa shape index (κ3) is 2.86. The molecule has 0 spiro atoms. The molecule has 0 saturated carbocycles. The summed E-state index contributed by atoms with van der Waals surface area (Å²) in [4.78, 5) is 2.45. The smallest absolute Gasteiger partial charge is 0.112 e. The monoisotopic (exact) mass is 300 g/mol. The predicted molar refractivity (Wildman–Crippen MR) is 87.3 cm³/mol. The minimum Gasteiger partial charge on any atom is -0.390 e. The number of aliphatic hydroxyl groups excluding tert-OH is 1. The minimum absolute atomic E-state index is 0.0623. The average molecular weight is 300 g/mol. The molecule has 3 rings (SSSR count). The second kappa shape index (κ2) is 6.48. The van der Waals surface area contributed by atoms with E-state index >= 15 is 0 Å². The van der Waals surface area contributed by atoms with Crippen LogP contribution in [0.2, 0.25) is 0 Å². The van der Waals surface area contributed by atoms with Gasteiger partial charge in [0.1, 0.15) is 5.69 Å². The van der Waals surface area contributed by atoms with Gasteiger partial charge in [-0.25, -0.2) is 4.68 Å². The zero-order chi connectivity index (χ0) is 15.5. The van der Waals surface area contributed by atoms with E-state index in [0.717, 1.165) is 36.8 Å². The van der Waals surface area contributed by atoms with E-state index in [1.165, 1.54) is 18.5 Å². The lowest BCUT2D eigenvalue weighted by Gasteiger charge is -2.32. The largest absolute Gasteiger partial charge is 0.390 e. The van der Waals surface area contributed by atoms with E-state index in [9.17, 15) is 5.11 Å². The molecule has 1 aliphatic heterocycles. The molecule has 1 saturated heterocycles. The molecule has 5 nitrogen and oxygen atoms in total. The maximum Gasteiger partial charge on any atom is 0.112 e. The molecule has 1 fully saturated rings. The van der Waals surface area contributed by atoms with Gasteiger partial charge in [0.25, 0.3) is 0 Å². The summed E-state index contributed by atoms with van der Waals surface area (Å²) in [5, 5.41) is 17.6. The van der Waals surface area contributed by atoms with Gasteiger partial charge in [-0.1, -0.05) is 19.1 Å². The summed E-state index contributed by atoms with van der Waals surface area (Å²) in [6.07, 6.45) is 3.34. The second-order valence-corrected chi connectivity index (χ2v) is 6.09. The normalized spacial score (nSPS) is 16.2. The van der Waals surface area contributed by atoms with E-state index in [-0.39, 0.29) is 6.61 Å². The summed E-state index contributed by atoms with van der Waals surface area (Å²) in [6.45, 7) is 6.60. The van der Waals surface area contributed by atoms with E-state index in [2.05, 4.69) is 53.3 Å². The Morgan fingerprint density at radius 1 is 1.14 bits per heavy atom. The van der Waals surface area contributed by atoms with Crippen LogP contribution in [-0.4, -0.2) is 33.2 Å². The molecule has 2 heterocycles. The van der Waals surface area contributed by atoms with Crippen molar-refractivity contribution in [2.24, 2.45) is 5.92 Å². The lowest BCUT2D eigenvalue weighted by atomic mass is 9.99. The number of anilines is 1. The molecule has 22 heavy (non-hydrogen) atoms. The van der Waals surface area contributed by atoms with Gasteiger partial charge in [0.05, 0.1) is 18.0 Å². The first-order valence-electron chi connectivity index (χ1n) is 8.12. The highest BCUT2D eigenvalue weighted by molar-refractivity contribution is 5.51. The van der Waals surface area contributed by atoms with Crippen LogP contribution in [0.5, 0.6) is 0 Å². The molecule has 1 aliphatic rings. The van der Waals surface area contributed by atoms with Crippen LogP contribution in [-0.2, 0) is 13.0 Å². The summed E-state index contributed by atoms with van der Waals surface area (Å²) < 4.78 is 1.83. The Hall–Kier alpha value is -1.88. The maximum atomic E-state index is 9.32. The van der Waals surface area contributed by atoms with Crippen molar-refractivity contribution >= 4 is 5.69 Å². The standard InChI is InChI=1S/C17H24N4O/c1-3-17-16(12-22)18-19-21(17)15-6-4-14(5-7-15)20-10-8-13(2)9-11-20/h4-7,13,22H,3,8-12H2,1-2H3. The fourth-order valence-electron chi connectivity index (χ4n) is 3.09. The highest BCUT2D eigenvalue weighted by Gasteiger charge is 2.16. The Balaban J connectivity index is 1.81. The van der Waals surface area contributed by atoms with Crippen molar-refractivity contribution in [3.8, 4) is 5.69 Å². The quantitative estimate of drug-likeness (QED) is 0.943. The van der Waals surface area contributed by atoms with Crippen LogP contribution in [0.3, 0.4) is 0 Å². The van der Waals surface area contributed by atoms with Crippen LogP contribution in [0, 0.1) is 5.92 Å². The van der Waals surface area contributed by atoms with E-state index in [4.69, 9.17) is 0 Å². The van der Waals surface area contributed by atoms with E-state index < -0.39 is 0 Å². The Morgan fingerprint density at radius 3 is 2.36 bits per heavy atom. The summed E-state index contributed by atoms with van der Waals surface area (Å²) in [6, 6.07) is 8.49. The Labute approximate surface area is 131 Å². The van der Waals surface area contributed by atoms with Crippen molar-refractivity contribution in [1.29, 1.82) is 0 Å². The fourth-order valence-corrected chi connectivity index (χ4v) is 3.09. The summed E-state index contributed by atoms with van der Waals surface area (Å²) >= 11 is 0. The van der Waals surface area contributed by atoms with Crippen LogP contribution >= 0.6 is 0 Å². The molecule has 1 aromatic heterocycles. The van der Waals surface area contributed by atoms with Crippen molar-refractivity contribution in [2.75, 3.05) is 18.0 Å². The molecule has 5 heteroatoms. The second-order valence-electron chi connectivity index (χ2n) is 6.09. The van der Waals surface area contributed by atoms with Gasteiger partial charge in [-0.3, -0.25) is 0 Å². The highest BCUT2D eigenvalue weighted by atomic mass is 16.3. The molecule has 0 aliphatic carbocycles. The number of hydrogen-bond donors (Lipinski definition) is 1. The molecule has 2 aromatic rings. The van der Waals surface area contributed by atoms with E-state index in [1.54, 1.807) is 0 Å². The Morgan fingerprint density at radius 2 is 1.77 bits per heavy atom. The van der Waals surface area contributed by atoms with Crippen molar-refractivity contribution in [1.82, 2.24) is 15.0 Å². The summed E-state index contributed by atoms with van der Waals surface area (Å²) in [5.41, 5.74) is 3.91. The first-order valence-corrected chi connectivity index (χ1v) is 8.12. The molecule has 0 radical (unpaired) electrons. The third-order valence-electron chi connectivity index (χ3n) is 4.57. The number of aliphatic hydroxyl groups is 1. The fraction of sp³-hybridized carbons (Fsp3) is 0.529. The summed E-state index contributed by atoms with van der Waals surface area (Å²) in [7, 11) is 0. The van der Waals surface area contributed by atoms with Crippen molar-refractivity contribution in [2.45, 2.75) is 39.7 Å². The number of piperidine rings is 1. The average Bonchev–Trinajstić information content (AvgIpc) is 2.98. The maximum absolute atomic E-state index is 9.32. The number of nitrogens with zero attached hydrogens (tertiary/aromatic N) is 4. The molecular weight excluding hydrogens is 276 g/mol. The zero-order valence-corrected chi connectivity index (χ0v) is 13.4. The van der Waals surface area contributed by atoms with E-state index in [0.29, 0.717) is 5.69 Å². The highest BCUT2D eigenvalue weighted by Crippen LogP contribution is 2.24. The number of hydrogen-bond acceptors (Lipinski definition) is 4. The summed E-state index contributed by atoms with van der Waals surface area (Å²) in [5.74, 6) is 0.842. The van der Waals surface area contributed by atoms with Gasteiger partial charge in [-0.2, -0.15) is 0 Å².